The van der Waals surface area contributed by atoms with Crippen LogP contribution in [0, 0.1) is 23.0 Å². The lowest BCUT2D eigenvalue weighted by Crippen LogP contribution is -2.48. The number of alkyl halides is 1. The van der Waals surface area contributed by atoms with Crippen LogP contribution in [0.25, 0.3) is 11.3 Å². The summed E-state index contributed by atoms with van der Waals surface area (Å²) in [5, 5.41) is 2.89. The molecule has 2 aromatic carbocycles. The number of nitrogens with zero attached hydrogens (tertiary/aromatic N) is 5. The molecule has 0 aliphatic carbocycles. The van der Waals surface area contributed by atoms with Crippen LogP contribution in [0.2, 0.25) is 0 Å². The molecule has 1 saturated heterocycles. The zero-order valence-corrected chi connectivity index (χ0v) is 35.5. The van der Waals surface area contributed by atoms with Crippen LogP contribution < -0.4 is 5.32 Å². The van der Waals surface area contributed by atoms with Gasteiger partial charge in [-0.1, -0.05) is 44.2 Å². The summed E-state index contributed by atoms with van der Waals surface area (Å²) in [6.45, 7) is 8.51. The third-order valence-corrected chi connectivity index (χ3v) is 10.5. The Morgan fingerprint density at radius 1 is 0.984 bits per heavy atom. The highest BCUT2D eigenvalue weighted by molar-refractivity contribution is 6.12. The Balaban J connectivity index is 1.46. The van der Waals surface area contributed by atoms with Gasteiger partial charge < -0.3 is 33.9 Å². The third kappa shape index (κ3) is 12.5. The Hall–Kier alpha value is -5.55. The lowest BCUT2D eigenvalue weighted by molar-refractivity contribution is -0.142. The molecule has 0 saturated carbocycles. The van der Waals surface area contributed by atoms with Gasteiger partial charge in [-0.25, -0.2) is 22.9 Å². The molecule has 2 aliphatic rings. The zero-order valence-electron chi connectivity index (χ0n) is 35.5. The number of carbonyl (C=O) groups excluding carboxylic acids is 5. The largest absolute Gasteiger partial charge is 0.444 e. The second-order valence-corrected chi connectivity index (χ2v) is 16.9. The molecule has 2 aliphatic heterocycles. The average Bonchev–Trinajstić information content (AvgIpc) is 3.87. The first-order valence-electron chi connectivity index (χ1n) is 20.2. The van der Waals surface area contributed by atoms with Gasteiger partial charge in [0.2, 0.25) is 11.8 Å². The molecule has 1 fully saturated rings. The molecular weight excluding hydrogens is 798 g/mol. The SMILES string of the molecule is COCC(=O)N(CC1CN(C(=O)OC(C)(C)C)CC1F)C(c1nc(-c2cc(F)ccc2F)cn1Cc1ccccc1)C(C)(C)CCNC(=O)CCOCCN1C(=O)C=CC1=O. The van der Waals surface area contributed by atoms with Gasteiger partial charge >= 0.3 is 6.09 Å². The smallest absolute Gasteiger partial charge is 0.410 e. The number of hydrogen-bond donors (Lipinski definition) is 1. The van der Waals surface area contributed by atoms with Crippen molar-refractivity contribution in [3.63, 3.8) is 0 Å². The monoisotopic (exact) mass is 852 g/mol. The van der Waals surface area contributed by atoms with Crippen LogP contribution in [0.5, 0.6) is 0 Å². The standard InChI is InChI=1S/C44H55F3N6O8/c1-43(2,3)61-42(58)51-24-30(34(47)26-51)25-53(39(57)28-59-6)40(44(4,5)17-18-48-36(54)16-20-60-21-19-52-37(55)14-15-38(52)56)41-49-35(32-22-31(45)12-13-33(32)46)27-50(41)23-29-10-8-7-9-11-29/h7-15,22,27,30,34,40H,16-21,23-26,28H2,1-6H3,(H,48,54). The maximum absolute atomic E-state index is 16.0. The number of imide groups is 1. The summed E-state index contributed by atoms with van der Waals surface area (Å²) in [5.41, 5.74) is -0.926. The average molecular weight is 853 g/mol. The predicted octanol–water partition coefficient (Wildman–Crippen LogP) is 5.46. The molecule has 3 atom stereocenters. The molecule has 330 valence electrons. The second kappa shape index (κ2) is 20.3. The second-order valence-electron chi connectivity index (χ2n) is 16.9. The van der Waals surface area contributed by atoms with Gasteiger partial charge in [-0.15, -0.1) is 0 Å². The number of aromatic nitrogens is 2. The Morgan fingerprint density at radius 2 is 1.69 bits per heavy atom. The van der Waals surface area contributed by atoms with Crippen LogP contribution in [0.1, 0.15) is 64.9 Å². The van der Waals surface area contributed by atoms with Crippen molar-refractivity contribution in [3.05, 3.63) is 89.9 Å². The minimum atomic E-state index is -1.52. The highest BCUT2D eigenvalue weighted by atomic mass is 19.1. The number of benzene rings is 2. The number of nitrogens with one attached hydrogen (secondary N) is 1. The number of halogens is 3. The fourth-order valence-electron chi connectivity index (χ4n) is 7.40. The van der Waals surface area contributed by atoms with Crippen molar-refractivity contribution < 1.29 is 51.4 Å². The van der Waals surface area contributed by atoms with Crippen LogP contribution in [0.15, 0.2) is 66.9 Å². The highest BCUT2D eigenvalue weighted by Crippen LogP contribution is 2.43. The molecule has 17 heteroatoms. The lowest BCUT2D eigenvalue weighted by atomic mass is 9.79. The number of methoxy groups -OCH3 is 1. The minimum Gasteiger partial charge on any atom is -0.444 e. The Morgan fingerprint density at radius 3 is 2.36 bits per heavy atom. The van der Waals surface area contributed by atoms with Gasteiger partial charge in [-0.2, -0.15) is 0 Å². The number of hydrogen-bond acceptors (Lipinski definition) is 9. The maximum atomic E-state index is 16.0. The summed E-state index contributed by atoms with van der Waals surface area (Å²) in [7, 11) is 1.36. The molecule has 1 aromatic heterocycles. The molecule has 0 spiro atoms. The van der Waals surface area contributed by atoms with Gasteiger partial charge in [0.1, 0.15) is 35.8 Å². The van der Waals surface area contributed by atoms with Gasteiger partial charge in [0.05, 0.1) is 38.0 Å². The van der Waals surface area contributed by atoms with Crippen molar-refractivity contribution in [1.82, 2.24) is 29.6 Å². The van der Waals surface area contributed by atoms with Crippen LogP contribution in [0.3, 0.4) is 0 Å². The van der Waals surface area contributed by atoms with Gasteiger partial charge in [0, 0.05) is 69.5 Å². The first kappa shape index (κ1) is 46.5. The molecule has 5 amide bonds. The molecule has 1 N–H and O–H groups in total. The molecule has 3 unspecified atom stereocenters. The Kier molecular flexibility index (Phi) is 15.5. The van der Waals surface area contributed by atoms with E-state index in [1.807, 2.05) is 44.2 Å². The van der Waals surface area contributed by atoms with Crippen molar-refractivity contribution in [2.75, 3.05) is 59.7 Å². The molecule has 0 radical (unpaired) electrons. The number of imidazole rings is 1. The highest BCUT2D eigenvalue weighted by Gasteiger charge is 2.45. The van der Waals surface area contributed by atoms with Crippen molar-refractivity contribution in [2.45, 2.75) is 71.8 Å². The fraction of sp³-hybridized carbons (Fsp3) is 0.500. The van der Waals surface area contributed by atoms with Crippen LogP contribution in [0.4, 0.5) is 18.0 Å². The van der Waals surface area contributed by atoms with E-state index >= 15 is 8.78 Å². The van der Waals surface area contributed by atoms with E-state index < -0.39 is 64.6 Å². The van der Waals surface area contributed by atoms with E-state index in [4.69, 9.17) is 19.2 Å². The summed E-state index contributed by atoms with van der Waals surface area (Å²) in [5.74, 6) is -3.64. The zero-order chi connectivity index (χ0) is 44.5. The fourth-order valence-corrected chi connectivity index (χ4v) is 7.40. The van der Waals surface area contributed by atoms with Crippen molar-refractivity contribution in [1.29, 1.82) is 0 Å². The normalized spacial score (nSPS) is 17.3. The van der Waals surface area contributed by atoms with E-state index in [2.05, 4.69) is 5.32 Å². The van der Waals surface area contributed by atoms with Crippen LogP contribution >= 0.6 is 0 Å². The number of carbonyl (C=O) groups is 5. The third-order valence-electron chi connectivity index (χ3n) is 10.5. The van der Waals surface area contributed by atoms with Gasteiger partial charge in [-0.3, -0.25) is 24.1 Å². The van der Waals surface area contributed by atoms with E-state index in [1.165, 1.54) is 29.1 Å². The van der Waals surface area contributed by atoms with Crippen LogP contribution in [-0.2, 0) is 39.9 Å². The van der Waals surface area contributed by atoms with E-state index in [0.717, 1.165) is 28.7 Å². The van der Waals surface area contributed by atoms with Crippen molar-refractivity contribution in [2.24, 2.45) is 11.3 Å². The summed E-state index contributed by atoms with van der Waals surface area (Å²) in [4.78, 5) is 72.6. The Labute approximate surface area is 354 Å². The molecule has 0 bridgehead atoms. The summed E-state index contributed by atoms with van der Waals surface area (Å²) < 4.78 is 64.1. The number of ether oxygens (including phenoxy) is 3. The molecular formula is C44H55F3N6O8. The summed E-state index contributed by atoms with van der Waals surface area (Å²) in [6.07, 6.45) is 1.99. The summed E-state index contributed by atoms with van der Waals surface area (Å²) >= 11 is 0. The van der Waals surface area contributed by atoms with Crippen molar-refractivity contribution >= 4 is 29.7 Å². The van der Waals surface area contributed by atoms with Gasteiger partial charge in [-0.05, 0) is 56.4 Å². The number of amides is 5. The quantitative estimate of drug-likeness (QED) is 0.122. The van der Waals surface area contributed by atoms with E-state index in [1.54, 1.807) is 31.5 Å². The molecule has 5 rings (SSSR count). The first-order chi connectivity index (χ1) is 28.9. The first-order valence-corrected chi connectivity index (χ1v) is 20.2. The van der Waals surface area contributed by atoms with E-state index in [9.17, 15) is 28.4 Å². The topological polar surface area (TPSA) is 153 Å². The summed E-state index contributed by atoms with van der Waals surface area (Å²) in [6, 6.07) is 11.4. The van der Waals surface area contributed by atoms with E-state index in [-0.39, 0.29) is 89.1 Å². The van der Waals surface area contributed by atoms with Gasteiger partial charge in [0.15, 0.2) is 0 Å². The molecule has 3 aromatic rings. The Bertz CT molecular complexity index is 2050. The van der Waals surface area contributed by atoms with Gasteiger partial charge in [0.25, 0.3) is 11.8 Å². The number of likely N-dealkylation sites (tertiary alicyclic amines) is 1. The lowest BCUT2D eigenvalue weighted by Gasteiger charge is -2.43. The minimum absolute atomic E-state index is 0.0137. The van der Waals surface area contributed by atoms with Crippen molar-refractivity contribution in [3.8, 4) is 11.3 Å². The molecule has 61 heavy (non-hydrogen) atoms. The maximum Gasteiger partial charge on any atom is 0.410 e. The number of rotatable bonds is 19. The van der Waals surface area contributed by atoms with E-state index in [0.29, 0.717) is 5.82 Å². The molecule has 14 nitrogen and oxygen atoms in total. The molecule has 3 heterocycles. The predicted molar refractivity (Wildman–Crippen MR) is 218 cm³/mol. The van der Waals surface area contributed by atoms with Crippen LogP contribution in [-0.4, -0.2) is 125 Å².